The van der Waals surface area contributed by atoms with Crippen LogP contribution in [0.1, 0.15) is 57.2 Å². The highest BCUT2D eigenvalue weighted by Crippen LogP contribution is 2.38. The van der Waals surface area contributed by atoms with E-state index in [1.165, 1.54) is 0 Å². The third-order valence-corrected chi connectivity index (χ3v) is 10.3. The molecule has 5 aromatic rings. The molecule has 4 heterocycles. The summed E-state index contributed by atoms with van der Waals surface area (Å²) in [6.45, 7) is 12.6. The van der Waals surface area contributed by atoms with Crippen LogP contribution in [0.5, 0.6) is 11.8 Å². The zero-order chi connectivity index (χ0) is 37.8. The van der Waals surface area contributed by atoms with Crippen molar-refractivity contribution in [2.75, 3.05) is 32.7 Å². The number of carbonyl (C=O) groups excluding carboxylic acids is 1. The Hall–Kier alpha value is -5.22. The number of ether oxygens (including phenoxy) is 3. The molecule has 282 valence electrons. The summed E-state index contributed by atoms with van der Waals surface area (Å²) >= 11 is 0. The Kier molecular flexibility index (Phi) is 11.0. The first-order chi connectivity index (χ1) is 26.0. The molecule has 1 amide bonds. The first kappa shape index (κ1) is 37.1. The van der Waals surface area contributed by atoms with Crippen LogP contribution in [-0.4, -0.2) is 69.0 Å². The smallest absolute Gasteiger partial charge is 0.410 e. The number of piperidine rings is 1. The van der Waals surface area contributed by atoms with E-state index in [2.05, 4.69) is 17.9 Å². The lowest BCUT2D eigenvalue weighted by atomic mass is 9.86. The van der Waals surface area contributed by atoms with Gasteiger partial charge in [0, 0.05) is 56.8 Å². The number of rotatable bonds is 10. The van der Waals surface area contributed by atoms with Gasteiger partial charge >= 0.3 is 6.09 Å². The standard InChI is InChI=1S/C44H50FN5O4/c1-30-26-50(43(51)54-44(2,3)4)23-20-34(30)27-49-21-18-33(19-22-49)36-25-39-37(24-38(36)45)41(47-48(39)5)35-16-17-40(52-28-31-12-8-6-9-13-31)46-42(35)53-29-32-14-10-7-11-15-32/h6-18,24-25,30,34H,19-23,26-29H2,1-5H3. The van der Waals surface area contributed by atoms with E-state index < -0.39 is 5.60 Å². The monoisotopic (exact) mass is 731 g/mol. The van der Waals surface area contributed by atoms with E-state index in [1.54, 1.807) is 10.7 Å². The predicted molar refractivity (Wildman–Crippen MR) is 210 cm³/mol. The fourth-order valence-electron chi connectivity index (χ4n) is 7.38. The molecule has 0 saturated carbocycles. The number of aryl methyl sites for hydroxylation is 1. The summed E-state index contributed by atoms with van der Waals surface area (Å²) in [5.41, 5.74) is 5.24. The SMILES string of the molecule is CC1CN(C(=O)OC(C)(C)C)CCC1CN1CC=C(c2cc3c(cc2F)c(-c2ccc(OCc4ccccc4)nc2OCc2ccccc2)nn3C)CC1. The number of benzene rings is 3. The Balaban J connectivity index is 1.07. The summed E-state index contributed by atoms with van der Waals surface area (Å²) in [7, 11) is 1.88. The van der Waals surface area contributed by atoms with Crippen LogP contribution in [0.4, 0.5) is 9.18 Å². The van der Waals surface area contributed by atoms with Gasteiger partial charge in [0.15, 0.2) is 0 Å². The van der Waals surface area contributed by atoms with Crippen molar-refractivity contribution in [2.24, 2.45) is 18.9 Å². The Morgan fingerprint density at radius 3 is 2.26 bits per heavy atom. The Labute approximate surface area is 317 Å². The number of amides is 1. The number of halogens is 1. The fraction of sp³-hybridized carbons (Fsp3) is 0.386. The zero-order valence-electron chi connectivity index (χ0n) is 31.9. The summed E-state index contributed by atoms with van der Waals surface area (Å²) in [6, 6.07) is 27.1. The van der Waals surface area contributed by atoms with Crippen molar-refractivity contribution in [1.82, 2.24) is 24.6 Å². The molecule has 2 atom stereocenters. The van der Waals surface area contributed by atoms with E-state index in [1.807, 2.05) is 112 Å². The zero-order valence-corrected chi connectivity index (χ0v) is 31.9. The van der Waals surface area contributed by atoms with E-state index in [9.17, 15) is 4.79 Å². The van der Waals surface area contributed by atoms with Crippen LogP contribution < -0.4 is 9.47 Å². The number of hydrogen-bond donors (Lipinski definition) is 0. The molecule has 2 unspecified atom stereocenters. The maximum absolute atomic E-state index is 16.1. The van der Waals surface area contributed by atoms with E-state index in [0.29, 0.717) is 72.1 Å². The molecule has 2 aliphatic rings. The van der Waals surface area contributed by atoms with Crippen LogP contribution in [-0.2, 0) is 25.0 Å². The van der Waals surface area contributed by atoms with Gasteiger partial charge in [-0.2, -0.15) is 10.1 Å². The van der Waals surface area contributed by atoms with Gasteiger partial charge in [-0.3, -0.25) is 9.58 Å². The van der Waals surface area contributed by atoms with Crippen molar-refractivity contribution in [1.29, 1.82) is 0 Å². The van der Waals surface area contributed by atoms with Crippen LogP contribution in [0.3, 0.4) is 0 Å². The van der Waals surface area contributed by atoms with Gasteiger partial charge < -0.3 is 19.1 Å². The molecule has 0 N–H and O–H groups in total. The summed E-state index contributed by atoms with van der Waals surface area (Å²) in [5.74, 6) is 1.38. The van der Waals surface area contributed by atoms with Crippen molar-refractivity contribution in [3.05, 3.63) is 114 Å². The van der Waals surface area contributed by atoms with Crippen molar-refractivity contribution in [2.45, 2.75) is 59.4 Å². The maximum atomic E-state index is 16.1. The average Bonchev–Trinajstić information content (AvgIpc) is 3.48. The van der Waals surface area contributed by atoms with E-state index in [4.69, 9.17) is 24.3 Å². The van der Waals surface area contributed by atoms with Crippen LogP contribution in [0.25, 0.3) is 27.7 Å². The lowest BCUT2D eigenvalue weighted by Gasteiger charge is -2.40. The summed E-state index contributed by atoms with van der Waals surface area (Å²) in [6.07, 6.45) is 3.64. The highest BCUT2D eigenvalue weighted by atomic mass is 19.1. The number of hydrogen-bond acceptors (Lipinski definition) is 7. The lowest BCUT2D eigenvalue weighted by molar-refractivity contribution is 0.00920. The molecule has 54 heavy (non-hydrogen) atoms. The predicted octanol–water partition coefficient (Wildman–Crippen LogP) is 8.91. The van der Waals surface area contributed by atoms with Crippen molar-refractivity contribution in [3.8, 4) is 23.0 Å². The molecule has 0 aliphatic carbocycles. The minimum Gasteiger partial charge on any atom is -0.473 e. The van der Waals surface area contributed by atoms with E-state index in [0.717, 1.165) is 54.7 Å². The molecule has 2 aliphatic heterocycles. The minimum absolute atomic E-state index is 0.228. The van der Waals surface area contributed by atoms with Crippen LogP contribution in [0.15, 0.2) is 91.0 Å². The first-order valence-corrected chi connectivity index (χ1v) is 18.9. The van der Waals surface area contributed by atoms with Crippen molar-refractivity contribution >= 4 is 22.6 Å². The number of pyridine rings is 1. The molecule has 10 heteroatoms. The summed E-state index contributed by atoms with van der Waals surface area (Å²) in [5, 5.41) is 5.56. The highest BCUT2D eigenvalue weighted by molar-refractivity contribution is 5.96. The fourth-order valence-corrected chi connectivity index (χ4v) is 7.38. The van der Waals surface area contributed by atoms with Crippen molar-refractivity contribution < 1.29 is 23.4 Å². The second kappa shape index (κ2) is 16.0. The molecule has 1 fully saturated rings. The topological polar surface area (TPSA) is 82.0 Å². The highest BCUT2D eigenvalue weighted by Gasteiger charge is 2.32. The molecular weight excluding hydrogens is 682 g/mol. The molecule has 0 spiro atoms. The van der Waals surface area contributed by atoms with Crippen molar-refractivity contribution in [3.63, 3.8) is 0 Å². The van der Waals surface area contributed by atoms with Gasteiger partial charge in [0.25, 0.3) is 0 Å². The van der Waals surface area contributed by atoms with Gasteiger partial charge in [-0.15, -0.1) is 0 Å². The second-order valence-electron chi connectivity index (χ2n) is 15.6. The third-order valence-electron chi connectivity index (χ3n) is 10.3. The molecular formula is C44H50FN5O4. The molecule has 3 aromatic carbocycles. The molecule has 9 nitrogen and oxygen atoms in total. The van der Waals surface area contributed by atoms with Gasteiger partial charge in [-0.05, 0) is 80.3 Å². The molecule has 0 bridgehead atoms. The first-order valence-electron chi connectivity index (χ1n) is 18.9. The Bertz CT molecular complexity index is 2110. The number of carbonyl (C=O) groups is 1. The third kappa shape index (κ3) is 8.76. The van der Waals surface area contributed by atoms with Gasteiger partial charge in [0.1, 0.15) is 30.3 Å². The van der Waals surface area contributed by atoms with Gasteiger partial charge in [0.05, 0.1) is 11.1 Å². The van der Waals surface area contributed by atoms with Crippen LogP contribution in [0.2, 0.25) is 0 Å². The average molecular weight is 732 g/mol. The van der Waals surface area contributed by atoms with Gasteiger partial charge in [-0.1, -0.05) is 73.7 Å². The van der Waals surface area contributed by atoms with Crippen LogP contribution >= 0.6 is 0 Å². The number of nitrogens with zero attached hydrogens (tertiary/aromatic N) is 5. The lowest BCUT2D eigenvalue weighted by Crippen LogP contribution is -2.47. The molecule has 2 aromatic heterocycles. The maximum Gasteiger partial charge on any atom is 0.410 e. The molecule has 7 rings (SSSR count). The second-order valence-corrected chi connectivity index (χ2v) is 15.6. The van der Waals surface area contributed by atoms with E-state index in [-0.39, 0.29) is 11.9 Å². The molecule has 1 saturated heterocycles. The summed E-state index contributed by atoms with van der Waals surface area (Å²) < 4.78 is 35.9. The number of likely N-dealkylation sites (tertiary alicyclic amines) is 1. The minimum atomic E-state index is -0.498. The normalized spacial score (nSPS) is 18.0. The Morgan fingerprint density at radius 1 is 0.907 bits per heavy atom. The van der Waals surface area contributed by atoms with Gasteiger partial charge in [0.2, 0.25) is 11.8 Å². The number of aromatic nitrogens is 3. The Morgan fingerprint density at radius 2 is 1.61 bits per heavy atom. The van der Waals surface area contributed by atoms with Gasteiger partial charge in [-0.25, -0.2) is 9.18 Å². The van der Waals surface area contributed by atoms with E-state index >= 15 is 4.39 Å². The largest absolute Gasteiger partial charge is 0.473 e. The quantitative estimate of drug-likeness (QED) is 0.142. The molecule has 0 radical (unpaired) electrons. The van der Waals surface area contributed by atoms with Crippen LogP contribution in [0, 0.1) is 17.7 Å². The summed E-state index contributed by atoms with van der Waals surface area (Å²) in [4.78, 5) is 21.7. The number of fused-ring (bicyclic) bond motifs is 1.